The minimum Gasteiger partial charge on any atom is -0.535 e. The summed E-state index contributed by atoms with van der Waals surface area (Å²) in [6, 6.07) is 3.67. The van der Waals surface area contributed by atoms with E-state index in [1.807, 2.05) is 0 Å². The molecule has 1 unspecified atom stereocenters. The van der Waals surface area contributed by atoms with Crippen molar-refractivity contribution in [3.63, 3.8) is 0 Å². The molecule has 4 rings (SSSR count). The van der Waals surface area contributed by atoms with Gasteiger partial charge in [-0.05, 0) is 43.8 Å². The fraction of sp³-hybridized carbons (Fsp3) is 0.556. The normalized spacial score (nSPS) is 22.0. The Morgan fingerprint density at radius 1 is 1.37 bits per heavy atom. The average Bonchev–Trinajstić information content (AvgIpc) is 3.09. The summed E-state index contributed by atoms with van der Waals surface area (Å²) >= 11 is 0. The van der Waals surface area contributed by atoms with Crippen molar-refractivity contribution < 1.29 is 29.1 Å². The maximum atomic E-state index is 12.3. The maximum absolute atomic E-state index is 12.3. The lowest BCUT2D eigenvalue weighted by molar-refractivity contribution is -0.140. The van der Waals surface area contributed by atoms with Gasteiger partial charge in [0, 0.05) is 12.5 Å². The van der Waals surface area contributed by atoms with Crippen molar-refractivity contribution in [1.82, 2.24) is 10.2 Å². The molecule has 3 heterocycles. The summed E-state index contributed by atoms with van der Waals surface area (Å²) in [6.07, 6.45) is 3.38. The van der Waals surface area contributed by atoms with Gasteiger partial charge in [-0.15, -0.1) is 0 Å². The van der Waals surface area contributed by atoms with E-state index in [-0.39, 0.29) is 35.1 Å². The first kappa shape index (κ1) is 18.1. The van der Waals surface area contributed by atoms with Crippen molar-refractivity contribution in [1.29, 1.82) is 0 Å². The monoisotopic (exact) mass is 374 g/mol. The summed E-state index contributed by atoms with van der Waals surface area (Å²) in [6.45, 7) is 1.87. The van der Waals surface area contributed by atoms with E-state index in [9.17, 15) is 19.7 Å². The number of hydrogen-bond donors (Lipinski definition) is 3. The number of nitrogens with zero attached hydrogens (tertiary/aromatic N) is 1. The van der Waals surface area contributed by atoms with E-state index in [1.165, 1.54) is 0 Å². The second kappa shape index (κ2) is 7.40. The van der Waals surface area contributed by atoms with E-state index >= 15 is 0 Å². The molecule has 0 aromatic heterocycles. The molecule has 1 aromatic rings. The van der Waals surface area contributed by atoms with Crippen LogP contribution >= 0.6 is 0 Å². The Labute approximate surface area is 157 Å². The highest BCUT2D eigenvalue weighted by atomic mass is 16.5. The van der Waals surface area contributed by atoms with Gasteiger partial charge in [0.2, 0.25) is 5.91 Å². The van der Waals surface area contributed by atoms with Gasteiger partial charge >= 0.3 is 13.1 Å². The van der Waals surface area contributed by atoms with Gasteiger partial charge in [-0.25, -0.2) is 4.79 Å². The summed E-state index contributed by atoms with van der Waals surface area (Å²) in [7, 11) is -1.01. The molecule has 3 aliphatic rings. The first-order chi connectivity index (χ1) is 13.0. The molecule has 0 bridgehead atoms. The lowest BCUT2D eigenvalue weighted by Crippen LogP contribution is -2.57. The van der Waals surface area contributed by atoms with E-state index in [2.05, 4.69) is 5.32 Å². The fourth-order valence-electron chi connectivity index (χ4n) is 3.88. The van der Waals surface area contributed by atoms with Gasteiger partial charge in [0.15, 0.2) is 0 Å². The van der Waals surface area contributed by atoms with Crippen LogP contribution in [-0.2, 0) is 11.2 Å². The smallest absolute Gasteiger partial charge is 0.522 e. The lowest BCUT2D eigenvalue weighted by atomic mass is 9.78. The van der Waals surface area contributed by atoms with Crippen molar-refractivity contribution in [3.8, 4) is 11.5 Å². The van der Waals surface area contributed by atoms with E-state index in [0.29, 0.717) is 32.3 Å². The van der Waals surface area contributed by atoms with Crippen LogP contribution in [0.15, 0.2) is 12.1 Å². The van der Waals surface area contributed by atoms with Gasteiger partial charge in [-0.1, -0.05) is 6.07 Å². The first-order valence-corrected chi connectivity index (χ1v) is 9.43. The van der Waals surface area contributed by atoms with Gasteiger partial charge < -0.3 is 29.7 Å². The second-order valence-corrected chi connectivity index (χ2v) is 7.38. The number of aryl methyl sites for hydroxylation is 1. The number of carboxylic acids is 1. The Balaban J connectivity index is 1.40. The summed E-state index contributed by atoms with van der Waals surface area (Å²) in [5.74, 6) is -0.664. The third kappa shape index (κ3) is 3.75. The number of aromatic carboxylic acids is 1. The van der Waals surface area contributed by atoms with E-state index < -0.39 is 13.1 Å². The molecule has 1 amide bonds. The van der Waals surface area contributed by atoms with Crippen molar-refractivity contribution >= 4 is 19.0 Å². The number of rotatable bonds is 5. The van der Waals surface area contributed by atoms with Crippen LogP contribution in [0.1, 0.15) is 35.2 Å². The van der Waals surface area contributed by atoms with Crippen LogP contribution in [-0.4, -0.2) is 65.8 Å². The van der Waals surface area contributed by atoms with Gasteiger partial charge in [0.1, 0.15) is 23.2 Å². The van der Waals surface area contributed by atoms with Crippen LogP contribution in [0.4, 0.5) is 0 Å². The largest absolute Gasteiger partial charge is 0.535 e. The molecule has 1 aromatic carbocycles. The second-order valence-electron chi connectivity index (χ2n) is 7.38. The molecular weight excluding hydrogens is 351 g/mol. The molecule has 2 saturated heterocycles. The summed E-state index contributed by atoms with van der Waals surface area (Å²) in [5.41, 5.74) is 0.686. The Morgan fingerprint density at radius 2 is 2.19 bits per heavy atom. The molecule has 0 spiro atoms. The number of amides is 1. The molecule has 144 valence electrons. The highest BCUT2D eigenvalue weighted by molar-refractivity contribution is 6.44. The van der Waals surface area contributed by atoms with Crippen molar-refractivity contribution in [2.75, 3.05) is 19.6 Å². The number of ether oxygens (including phenoxy) is 1. The fourth-order valence-corrected chi connectivity index (χ4v) is 3.88. The minimum absolute atomic E-state index is 0.0637. The zero-order valence-corrected chi connectivity index (χ0v) is 15.0. The van der Waals surface area contributed by atoms with E-state index in [0.717, 1.165) is 24.9 Å². The van der Waals surface area contributed by atoms with Crippen LogP contribution < -0.4 is 14.7 Å². The molecule has 0 radical (unpaired) electrons. The average molecular weight is 374 g/mol. The number of likely N-dealkylation sites (tertiary alicyclic amines) is 1. The molecule has 0 saturated carbocycles. The highest BCUT2D eigenvalue weighted by Gasteiger charge is 2.36. The number of fused-ring (bicyclic) bond motifs is 1. The van der Waals surface area contributed by atoms with Gasteiger partial charge in [0.25, 0.3) is 0 Å². The minimum atomic E-state index is -1.16. The molecule has 27 heavy (non-hydrogen) atoms. The molecule has 0 aliphatic carbocycles. The number of carbonyl (C=O) groups excluding carboxylic acids is 1. The molecule has 8 nitrogen and oxygen atoms in total. The Hall–Kier alpha value is -2.26. The van der Waals surface area contributed by atoms with Crippen LogP contribution in [0.2, 0.25) is 6.32 Å². The zero-order chi connectivity index (χ0) is 19.0. The summed E-state index contributed by atoms with van der Waals surface area (Å²) in [5, 5.41) is 22.6. The van der Waals surface area contributed by atoms with Crippen LogP contribution in [0, 0.1) is 0 Å². The third-order valence-corrected chi connectivity index (χ3v) is 5.41. The van der Waals surface area contributed by atoms with Crippen LogP contribution in [0.5, 0.6) is 11.5 Å². The number of benzene rings is 1. The molecule has 3 N–H and O–H groups in total. The summed E-state index contributed by atoms with van der Waals surface area (Å²) < 4.78 is 11.2. The van der Waals surface area contributed by atoms with Gasteiger partial charge in [-0.3, -0.25) is 4.79 Å². The molecule has 9 heteroatoms. The Kier molecular flexibility index (Phi) is 4.97. The number of hydrogen-bond acceptors (Lipinski definition) is 6. The quantitative estimate of drug-likeness (QED) is 0.646. The molecule has 3 aliphatic heterocycles. The van der Waals surface area contributed by atoms with Crippen molar-refractivity contribution in [2.24, 2.45) is 0 Å². The molecular formula is C18H23BN2O6. The Bertz CT molecular complexity index is 746. The molecule has 1 atom stereocenters. The van der Waals surface area contributed by atoms with Gasteiger partial charge in [0.05, 0.1) is 13.1 Å². The lowest BCUT2D eigenvalue weighted by Gasteiger charge is -2.39. The van der Waals surface area contributed by atoms with Crippen LogP contribution in [0.3, 0.4) is 0 Å². The van der Waals surface area contributed by atoms with Crippen molar-refractivity contribution in [2.45, 2.75) is 44.1 Å². The predicted octanol–water partition coefficient (Wildman–Crippen LogP) is 0.532. The predicted molar refractivity (Wildman–Crippen MR) is 97.2 cm³/mol. The first-order valence-electron chi connectivity index (χ1n) is 9.43. The zero-order valence-electron chi connectivity index (χ0n) is 15.0. The third-order valence-electron chi connectivity index (χ3n) is 5.41. The topological polar surface area (TPSA) is 108 Å². The van der Waals surface area contributed by atoms with Crippen LogP contribution in [0.25, 0.3) is 0 Å². The number of carboxylic acid groups (broad SMARTS) is 1. The Morgan fingerprint density at radius 3 is 2.89 bits per heavy atom. The number of carbonyl (C=O) groups is 2. The van der Waals surface area contributed by atoms with E-state index in [4.69, 9.17) is 9.39 Å². The summed E-state index contributed by atoms with van der Waals surface area (Å²) in [4.78, 5) is 25.8. The maximum Gasteiger partial charge on any atom is 0.522 e. The number of nitrogens with one attached hydrogen (secondary N) is 1. The highest BCUT2D eigenvalue weighted by Crippen LogP contribution is 2.37. The van der Waals surface area contributed by atoms with E-state index in [1.54, 1.807) is 17.0 Å². The van der Waals surface area contributed by atoms with Gasteiger partial charge in [-0.2, -0.15) is 0 Å². The standard InChI is InChI=1S/C18H23BN2O6/c22-15(8-12-2-1-7-20-12)21-9-13(10-21)26-14-4-3-11-5-6-19(25)27-17(11)16(14)18(23)24/h3-4,12-13,20,25H,1-2,5-10H2,(H,23,24). The SMILES string of the molecule is O=C(O)c1c(OC2CN(C(=O)CC3CCCN3)C2)ccc2c1OB(O)CC2. The molecule has 2 fully saturated rings. The van der Waals surface area contributed by atoms with Crippen molar-refractivity contribution in [3.05, 3.63) is 23.3 Å².